The molecule has 2 aromatic heterocycles. The van der Waals surface area contributed by atoms with E-state index in [1.807, 2.05) is 12.1 Å². The Morgan fingerprint density at radius 2 is 2.22 bits per heavy atom. The molecule has 3 aromatic rings. The minimum Gasteiger partial charge on any atom is -0.348 e. The molecule has 0 saturated carbocycles. The number of nitrogens with zero attached hydrogens (tertiary/aromatic N) is 4. The number of aromatic nitrogens is 3. The van der Waals surface area contributed by atoms with Crippen LogP contribution >= 0.6 is 11.3 Å². The molecule has 4 rings (SSSR count). The summed E-state index contributed by atoms with van der Waals surface area (Å²) < 4.78 is 1.28. The number of nitrogens with one attached hydrogen (secondary N) is 1. The molecule has 0 bridgehead atoms. The fraction of sp³-hybridized carbons (Fsp3) is 0.368. The normalized spacial score (nSPS) is 16.1. The number of carbonyl (C=O) groups excluding carboxylic acids is 1. The molecule has 1 N–H and O–H groups in total. The Morgan fingerprint density at radius 3 is 3.07 bits per heavy atom. The zero-order valence-corrected chi connectivity index (χ0v) is 16.1. The highest BCUT2D eigenvalue weighted by Gasteiger charge is 2.22. The number of benzene rings is 1. The highest BCUT2D eigenvalue weighted by atomic mass is 32.1. The number of anilines is 1. The molecular weight excluding hydrogens is 362 g/mol. The molecule has 7 nitrogen and oxygen atoms in total. The Balaban J connectivity index is 1.47. The van der Waals surface area contributed by atoms with E-state index in [-0.39, 0.29) is 24.1 Å². The van der Waals surface area contributed by atoms with Gasteiger partial charge < -0.3 is 10.2 Å². The van der Waals surface area contributed by atoms with Crippen LogP contribution in [0.5, 0.6) is 0 Å². The molecule has 1 aliphatic carbocycles. The minimum atomic E-state index is -0.211. The molecule has 0 saturated heterocycles. The SMILES string of the molecule is Cc1cc(=O)n2nc(N(C)CC(=O)N[C@@H]3CCCc4ccccc43)sc2n1. The third-order valence-electron chi connectivity index (χ3n) is 4.77. The van der Waals surface area contributed by atoms with Crippen molar-refractivity contribution in [3.63, 3.8) is 0 Å². The predicted molar refractivity (Wildman–Crippen MR) is 105 cm³/mol. The standard InChI is InChI=1S/C19H21N5O2S/c1-12-10-17(26)24-18(20-12)27-19(22-24)23(2)11-16(25)21-15-9-5-7-13-6-3-4-8-14(13)15/h3-4,6,8,10,15H,5,7,9,11H2,1-2H3,(H,21,25)/t15-/m1/s1. The van der Waals surface area contributed by atoms with Gasteiger partial charge in [0.25, 0.3) is 5.56 Å². The Hall–Kier alpha value is -2.74. The lowest BCUT2D eigenvalue weighted by Crippen LogP contribution is -2.38. The van der Waals surface area contributed by atoms with Crippen molar-refractivity contribution in [1.29, 1.82) is 0 Å². The van der Waals surface area contributed by atoms with E-state index in [1.54, 1.807) is 18.9 Å². The second-order valence-corrected chi connectivity index (χ2v) is 7.82. The van der Waals surface area contributed by atoms with Gasteiger partial charge in [0, 0.05) is 18.8 Å². The summed E-state index contributed by atoms with van der Waals surface area (Å²) in [6.45, 7) is 1.95. The zero-order chi connectivity index (χ0) is 19.0. The maximum Gasteiger partial charge on any atom is 0.275 e. The summed E-state index contributed by atoms with van der Waals surface area (Å²) in [5.74, 6) is -0.0602. The number of hydrogen-bond acceptors (Lipinski definition) is 6. The third kappa shape index (κ3) is 3.57. The second kappa shape index (κ2) is 7.11. The van der Waals surface area contributed by atoms with Crippen molar-refractivity contribution in [2.75, 3.05) is 18.5 Å². The Labute approximate surface area is 160 Å². The molecule has 0 aliphatic heterocycles. The number of rotatable bonds is 4. The van der Waals surface area contributed by atoms with Crippen LogP contribution in [0.3, 0.4) is 0 Å². The van der Waals surface area contributed by atoms with Gasteiger partial charge in [0.05, 0.1) is 12.6 Å². The molecule has 1 aromatic carbocycles. The van der Waals surface area contributed by atoms with E-state index in [9.17, 15) is 9.59 Å². The fourth-order valence-electron chi connectivity index (χ4n) is 3.49. The first-order valence-electron chi connectivity index (χ1n) is 8.97. The Morgan fingerprint density at radius 1 is 1.41 bits per heavy atom. The maximum absolute atomic E-state index is 12.6. The number of likely N-dealkylation sites (N-methyl/N-ethyl adjacent to an activating group) is 1. The smallest absolute Gasteiger partial charge is 0.275 e. The number of aryl methyl sites for hydroxylation is 2. The molecule has 1 amide bonds. The predicted octanol–water partition coefficient (Wildman–Crippen LogP) is 2.09. The van der Waals surface area contributed by atoms with Crippen LogP contribution in [0, 0.1) is 6.92 Å². The number of carbonyl (C=O) groups is 1. The van der Waals surface area contributed by atoms with Crippen LogP contribution in [-0.4, -0.2) is 34.1 Å². The summed E-state index contributed by atoms with van der Waals surface area (Å²) in [6, 6.07) is 9.79. The molecule has 140 valence electrons. The first-order valence-corrected chi connectivity index (χ1v) is 9.79. The molecule has 1 aliphatic rings. The van der Waals surface area contributed by atoms with E-state index in [0.29, 0.717) is 15.8 Å². The average molecular weight is 383 g/mol. The van der Waals surface area contributed by atoms with Gasteiger partial charge in [0.15, 0.2) is 0 Å². The number of amides is 1. The Bertz CT molecular complexity index is 1060. The van der Waals surface area contributed by atoms with Crippen LogP contribution in [0.15, 0.2) is 35.1 Å². The summed E-state index contributed by atoms with van der Waals surface area (Å²) >= 11 is 1.30. The summed E-state index contributed by atoms with van der Waals surface area (Å²) in [4.78, 5) is 31.2. The van der Waals surface area contributed by atoms with Gasteiger partial charge in [-0.2, -0.15) is 4.52 Å². The molecule has 27 heavy (non-hydrogen) atoms. The van der Waals surface area contributed by atoms with Crippen molar-refractivity contribution < 1.29 is 4.79 Å². The van der Waals surface area contributed by atoms with E-state index >= 15 is 0 Å². The van der Waals surface area contributed by atoms with Crippen molar-refractivity contribution in [3.05, 3.63) is 57.5 Å². The second-order valence-electron chi connectivity index (χ2n) is 6.88. The van der Waals surface area contributed by atoms with Crippen LogP contribution < -0.4 is 15.8 Å². The summed E-state index contributed by atoms with van der Waals surface area (Å²) in [7, 11) is 1.80. The van der Waals surface area contributed by atoms with Crippen molar-refractivity contribution in [1.82, 2.24) is 19.9 Å². The monoisotopic (exact) mass is 383 g/mol. The van der Waals surface area contributed by atoms with Gasteiger partial charge in [0.2, 0.25) is 16.0 Å². The van der Waals surface area contributed by atoms with Crippen LogP contribution in [0.25, 0.3) is 4.96 Å². The molecule has 0 radical (unpaired) electrons. The average Bonchev–Trinajstić information content (AvgIpc) is 3.06. The first kappa shape index (κ1) is 17.7. The molecule has 0 unspecified atom stereocenters. The summed E-state index contributed by atoms with van der Waals surface area (Å²) in [5, 5.41) is 8.02. The maximum atomic E-state index is 12.6. The highest BCUT2D eigenvalue weighted by molar-refractivity contribution is 7.20. The van der Waals surface area contributed by atoms with Gasteiger partial charge in [-0.15, -0.1) is 5.10 Å². The van der Waals surface area contributed by atoms with Crippen LogP contribution in [0.2, 0.25) is 0 Å². The lowest BCUT2D eigenvalue weighted by Gasteiger charge is -2.27. The van der Waals surface area contributed by atoms with E-state index in [2.05, 4.69) is 27.5 Å². The topological polar surface area (TPSA) is 79.6 Å². The molecule has 2 heterocycles. The third-order valence-corrected chi connectivity index (χ3v) is 5.80. The van der Waals surface area contributed by atoms with Gasteiger partial charge in [-0.3, -0.25) is 9.59 Å². The van der Waals surface area contributed by atoms with Crippen LogP contribution in [0.4, 0.5) is 5.13 Å². The van der Waals surface area contributed by atoms with Crippen molar-refractivity contribution in [2.45, 2.75) is 32.2 Å². The van der Waals surface area contributed by atoms with Crippen molar-refractivity contribution in [3.8, 4) is 0 Å². The fourth-order valence-corrected chi connectivity index (χ4v) is 4.40. The van der Waals surface area contributed by atoms with E-state index in [1.165, 1.54) is 33.0 Å². The largest absolute Gasteiger partial charge is 0.348 e. The number of hydrogen-bond donors (Lipinski definition) is 1. The molecule has 8 heteroatoms. The van der Waals surface area contributed by atoms with Crippen LogP contribution in [-0.2, 0) is 11.2 Å². The minimum absolute atomic E-state index is 0.0538. The van der Waals surface area contributed by atoms with Crippen molar-refractivity contribution >= 4 is 27.3 Å². The Kier molecular flexibility index (Phi) is 4.65. The van der Waals surface area contributed by atoms with E-state index in [4.69, 9.17) is 0 Å². The van der Waals surface area contributed by atoms with E-state index < -0.39 is 0 Å². The molecule has 0 spiro atoms. The quantitative estimate of drug-likeness (QED) is 0.746. The summed E-state index contributed by atoms with van der Waals surface area (Å²) in [5.41, 5.74) is 2.98. The van der Waals surface area contributed by atoms with Gasteiger partial charge in [-0.25, -0.2) is 4.98 Å². The van der Waals surface area contributed by atoms with Gasteiger partial charge in [0.1, 0.15) is 0 Å². The van der Waals surface area contributed by atoms with Gasteiger partial charge in [-0.05, 0) is 37.3 Å². The zero-order valence-electron chi connectivity index (χ0n) is 15.3. The molecule has 0 fully saturated rings. The lowest BCUT2D eigenvalue weighted by atomic mass is 9.88. The first-order chi connectivity index (χ1) is 13.0. The van der Waals surface area contributed by atoms with Gasteiger partial charge >= 0.3 is 0 Å². The van der Waals surface area contributed by atoms with E-state index in [0.717, 1.165) is 19.3 Å². The van der Waals surface area contributed by atoms with Crippen LogP contribution in [0.1, 0.15) is 35.7 Å². The lowest BCUT2D eigenvalue weighted by molar-refractivity contribution is -0.120. The molecular formula is C19H21N5O2S. The highest BCUT2D eigenvalue weighted by Crippen LogP contribution is 2.29. The summed E-state index contributed by atoms with van der Waals surface area (Å²) in [6.07, 6.45) is 3.09. The van der Waals surface area contributed by atoms with Crippen molar-refractivity contribution in [2.24, 2.45) is 0 Å². The number of fused-ring (bicyclic) bond motifs is 2. The van der Waals surface area contributed by atoms with Gasteiger partial charge in [-0.1, -0.05) is 35.6 Å². The molecule has 1 atom stereocenters.